The Bertz CT molecular complexity index is 333. The molecule has 0 spiro atoms. The van der Waals surface area contributed by atoms with Gasteiger partial charge < -0.3 is 9.88 Å². The molecular formula is C17H33N3. The van der Waals surface area contributed by atoms with Crippen molar-refractivity contribution in [1.29, 1.82) is 0 Å². The van der Waals surface area contributed by atoms with E-state index in [1.807, 2.05) is 6.20 Å². The summed E-state index contributed by atoms with van der Waals surface area (Å²) in [5.74, 6) is 1.23. The van der Waals surface area contributed by atoms with Gasteiger partial charge in [-0.1, -0.05) is 52.4 Å². The first-order valence-electron chi connectivity index (χ1n) is 8.55. The molecule has 0 amide bonds. The number of nitrogens with zero attached hydrogens (tertiary/aromatic N) is 2. The van der Waals surface area contributed by atoms with Gasteiger partial charge in [0, 0.05) is 31.4 Å². The second-order valence-corrected chi connectivity index (χ2v) is 5.64. The van der Waals surface area contributed by atoms with Gasteiger partial charge in [-0.15, -0.1) is 0 Å². The van der Waals surface area contributed by atoms with Gasteiger partial charge >= 0.3 is 0 Å². The fourth-order valence-electron chi connectivity index (χ4n) is 2.77. The van der Waals surface area contributed by atoms with Crippen LogP contribution in [-0.4, -0.2) is 22.1 Å². The highest BCUT2D eigenvalue weighted by molar-refractivity contribution is 4.95. The molecule has 1 N–H and O–H groups in total. The Morgan fingerprint density at radius 3 is 2.55 bits per heavy atom. The molecule has 0 aromatic carbocycles. The molecule has 116 valence electrons. The summed E-state index contributed by atoms with van der Waals surface area (Å²) >= 11 is 0. The van der Waals surface area contributed by atoms with Crippen molar-refractivity contribution in [2.75, 3.05) is 6.54 Å². The minimum absolute atomic E-state index is 0.582. The zero-order valence-electron chi connectivity index (χ0n) is 13.7. The maximum Gasteiger partial charge on any atom is 0.110 e. The van der Waals surface area contributed by atoms with Gasteiger partial charge in [0.1, 0.15) is 5.82 Å². The van der Waals surface area contributed by atoms with Crippen molar-refractivity contribution in [2.24, 2.45) is 0 Å². The number of unbranched alkanes of at least 4 members (excludes halogenated alkanes) is 5. The Kier molecular flexibility index (Phi) is 9.38. The largest absolute Gasteiger partial charge is 0.335 e. The van der Waals surface area contributed by atoms with E-state index in [4.69, 9.17) is 0 Å². The summed E-state index contributed by atoms with van der Waals surface area (Å²) in [6, 6.07) is 0.582. The molecule has 1 heterocycles. The molecule has 0 aliphatic rings. The Balaban J connectivity index is 2.29. The van der Waals surface area contributed by atoms with E-state index in [9.17, 15) is 0 Å². The summed E-state index contributed by atoms with van der Waals surface area (Å²) in [7, 11) is 0. The minimum Gasteiger partial charge on any atom is -0.335 e. The molecule has 1 unspecified atom stereocenters. The molecule has 1 aromatic heterocycles. The van der Waals surface area contributed by atoms with E-state index in [2.05, 4.69) is 41.8 Å². The fraction of sp³-hybridized carbons (Fsp3) is 0.824. The second kappa shape index (κ2) is 10.9. The highest BCUT2D eigenvalue weighted by atomic mass is 15.1. The molecule has 1 rings (SSSR count). The van der Waals surface area contributed by atoms with Crippen LogP contribution in [0.25, 0.3) is 0 Å². The summed E-state index contributed by atoms with van der Waals surface area (Å²) in [5.41, 5.74) is 0. The van der Waals surface area contributed by atoms with E-state index in [1.165, 1.54) is 50.8 Å². The van der Waals surface area contributed by atoms with Crippen molar-refractivity contribution in [3.05, 3.63) is 18.2 Å². The molecule has 3 nitrogen and oxygen atoms in total. The molecule has 1 aromatic rings. The number of nitrogens with one attached hydrogen (secondary N) is 1. The van der Waals surface area contributed by atoms with Crippen molar-refractivity contribution in [2.45, 2.75) is 84.7 Å². The Morgan fingerprint density at radius 1 is 1.10 bits per heavy atom. The summed E-state index contributed by atoms with van der Waals surface area (Å²) in [6.07, 6.45) is 14.6. The third kappa shape index (κ3) is 6.56. The molecule has 0 aliphatic carbocycles. The molecule has 20 heavy (non-hydrogen) atoms. The van der Waals surface area contributed by atoms with E-state index >= 15 is 0 Å². The SMILES string of the molecule is CCCCCCCCC(Cc1nccn1CC)NCC. The van der Waals surface area contributed by atoms with Crippen molar-refractivity contribution in [3.8, 4) is 0 Å². The highest BCUT2D eigenvalue weighted by Crippen LogP contribution is 2.11. The maximum atomic E-state index is 4.50. The molecule has 1 atom stereocenters. The van der Waals surface area contributed by atoms with Crippen LogP contribution in [0.3, 0.4) is 0 Å². The van der Waals surface area contributed by atoms with Crippen LogP contribution < -0.4 is 5.32 Å². The molecule has 0 fully saturated rings. The van der Waals surface area contributed by atoms with Gasteiger partial charge in [0.25, 0.3) is 0 Å². The zero-order chi connectivity index (χ0) is 14.6. The normalized spacial score (nSPS) is 12.8. The average Bonchev–Trinajstić information content (AvgIpc) is 2.90. The summed E-state index contributed by atoms with van der Waals surface area (Å²) in [4.78, 5) is 4.50. The van der Waals surface area contributed by atoms with Crippen molar-refractivity contribution in [3.63, 3.8) is 0 Å². The first-order valence-corrected chi connectivity index (χ1v) is 8.55. The standard InChI is InChI=1S/C17H33N3/c1-4-7-8-9-10-11-12-16(18-5-2)15-17-19-13-14-20(17)6-3/h13-14,16,18H,4-12,15H2,1-3H3. The summed E-state index contributed by atoms with van der Waals surface area (Å²) in [6.45, 7) is 8.72. The Hall–Kier alpha value is -0.830. The number of hydrogen-bond acceptors (Lipinski definition) is 2. The first-order chi connectivity index (χ1) is 9.81. The van der Waals surface area contributed by atoms with Crippen molar-refractivity contribution >= 4 is 0 Å². The summed E-state index contributed by atoms with van der Waals surface area (Å²) < 4.78 is 2.26. The maximum absolute atomic E-state index is 4.50. The molecule has 0 saturated carbocycles. The van der Waals surface area contributed by atoms with Crippen LogP contribution >= 0.6 is 0 Å². The van der Waals surface area contributed by atoms with Crippen LogP contribution in [-0.2, 0) is 13.0 Å². The van der Waals surface area contributed by atoms with Crippen LogP contribution in [0.2, 0.25) is 0 Å². The predicted octanol–water partition coefficient (Wildman–Crippen LogP) is 4.17. The molecular weight excluding hydrogens is 246 g/mol. The van der Waals surface area contributed by atoms with E-state index in [0.717, 1.165) is 19.5 Å². The molecule has 0 radical (unpaired) electrons. The number of aryl methyl sites for hydroxylation is 1. The smallest absolute Gasteiger partial charge is 0.110 e. The Labute approximate surface area is 125 Å². The van der Waals surface area contributed by atoms with Crippen LogP contribution in [0.5, 0.6) is 0 Å². The van der Waals surface area contributed by atoms with E-state index in [1.54, 1.807) is 0 Å². The number of imidazole rings is 1. The average molecular weight is 279 g/mol. The fourth-order valence-corrected chi connectivity index (χ4v) is 2.77. The first kappa shape index (κ1) is 17.2. The van der Waals surface area contributed by atoms with E-state index in [0.29, 0.717) is 6.04 Å². The van der Waals surface area contributed by atoms with Crippen LogP contribution in [0.4, 0.5) is 0 Å². The third-order valence-corrected chi connectivity index (χ3v) is 3.97. The van der Waals surface area contributed by atoms with Gasteiger partial charge in [0.15, 0.2) is 0 Å². The number of aromatic nitrogens is 2. The molecule has 0 saturated heterocycles. The quantitative estimate of drug-likeness (QED) is 0.582. The van der Waals surface area contributed by atoms with Crippen LogP contribution in [0, 0.1) is 0 Å². The van der Waals surface area contributed by atoms with Crippen LogP contribution in [0.15, 0.2) is 12.4 Å². The number of hydrogen-bond donors (Lipinski definition) is 1. The summed E-state index contributed by atoms with van der Waals surface area (Å²) in [5, 5.41) is 3.62. The van der Waals surface area contributed by atoms with E-state index < -0.39 is 0 Å². The Morgan fingerprint density at radius 2 is 1.85 bits per heavy atom. The lowest BCUT2D eigenvalue weighted by Crippen LogP contribution is -2.32. The van der Waals surface area contributed by atoms with Gasteiger partial charge in [-0.2, -0.15) is 0 Å². The van der Waals surface area contributed by atoms with Gasteiger partial charge in [-0.05, 0) is 19.9 Å². The topological polar surface area (TPSA) is 29.9 Å². The van der Waals surface area contributed by atoms with Gasteiger partial charge in [-0.25, -0.2) is 4.98 Å². The van der Waals surface area contributed by atoms with Gasteiger partial charge in [0.2, 0.25) is 0 Å². The second-order valence-electron chi connectivity index (χ2n) is 5.64. The lowest BCUT2D eigenvalue weighted by atomic mass is 10.0. The third-order valence-electron chi connectivity index (χ3n) is 3.97. The molecule has 3 heteroatoms. The minimum atomic E-state index is 0.582. The van der Waals surface area contributed by atoms with E-state index in [-0.39, 0.29) is 0 Å². The number of rotatable bonds is 12. The molecule has 0 aliphatic heterocycles. The van der Waals surface area contributed by atoms with Crippen LogP contribution in [0.1, 0.15) is 71.5 Å². The lowest BCUT2D eigenvalue weighted by molar-refractivity contribution is 0.446. The van der Waals surface area contributed by atoms with Gasteiger partial charge in [0.05, 0.1) is 0 Å². The van der Waals surface area contributed by atoms with Crippen molar-refractivity contribution in [1.82, 2.24) is 14.9 Å². The molecule has 0 bridgehead atoms. The highest BCUT2D eigenvalue weighted by Gasteiger charge is 2.11. The number of likely N-dealkylation sites (N-methyl/N-ethyl adjacent to an activating group) is 1. The predicted molar refractivity (Wildman–Crippen MR) is 87.1 cm³/mol. The van der Waals surface area contributed by atoms with Gasteiger partial charge in [-0.3, -0.25) is 0 Å². The monoisotopic (exact) mass is 279 g/mol. The van der Waals surface area contributed by atoms with Crippen molar-refractivity contribution < 1.29 is 0 Å². The lowest BCUT2D eigenvalue weighted by Gasteiger charge is -2.18. The zero-order valence-corrected chi connectivity index (χ0v) is 13.7.